The van der Waals surface area contributed by atoms with E-state index in [1.165, 1.54) is 0 Å². The molecule has 120 valence electrons. The van der Waals surface area contributed by atoms with Gasteiger partial charge < -0.3 is 5.32 Å². The zero-order chi connectivity index (χ0) is 15.4. The summed E-state index contributed by atoms with van der Waals surface area (Å²) < 4.78 is 76.8. The molecule has 0 radical (unpaired) electrons. The maximum Gasteiger partial charge on any atom is 0.401 e. The number of alkyl halides is 6. The first-order valence-corrected chi connectivity index (χ1v) is 7.03. The van der Waals surface area contributed by atoms with Gasteiger partial charge in [-0.1, -0.05) is 32.6 Å². The molecule has 1 saturated carbocycles. The fraction of sp³-hybridized carbons (Fsp3) is 1.00. The molecule has 1 fully saturated rings. The number of nitrogens with one attached hydrogen (secondary N) is 1. The fourth-order valence-corrected chi connectivity index (χ4v) is 2.91. The third kappa shape index (κ3) is 5.14. The van der Waals surface area contributed by atoms with E-state index in [-0.39, 0.29) is 18.9 Å². The molecule has 0 aromatic rings. The fourth-order valence-electron chi connectivity index (χ4n) is 2.91. The van der Waals surface area contributed by atoms with E-state index in [2.05, 4.69) is 5.32 Å². The van der Waals surface area contributed by atoms with Gasteiger partial charge in [-0.2, -0.15) is 26.3 Å². The number of hydrogen-bond acceptors (Lipinski definition) is 1. The Hall–Kier alpha value is -0.460. The lowest BCUT2D eigenvalue weighted by molar-refractivity contribution is -0.292. The zero-order valence-electron chi connectivity index (χ0n) is 11.4. The summed E-state index contributed by atoms with van der Waals surface area (Å²) in [5.41, 5.74) is 0. The molecule has 0 aliphatic heterocycles. The van der Waals surface area contributed by atoms with E-state index in [1.807, 2.05) is 0 Å². The predicted molar refractivity (Wildman–Crippen MR) is 64.3 cm³/mol. The third-order valence-electron chi connectivity index (χ3n) is 3.83. The molecule has 7 heteroatoms. The Morgan fingerprint density at radius 2 is 1.50 bits per heavy atom. The molecule has 1 aliphatic carbocycles. The van der Waals surface area contributed by atoms with Crippen LogP contribution in [0, 0.1) is 11.8 Å². The van der Waals surface area contributed by atoms with Gasteiger partial charge in [0.25, 0.3) is 0 Å². The first kappa shape index (κ1) is 17.6. The maximum absolute atomic E-state index is 12.8. The second-order valence-electron chi connectivity index (χ2n) is 5.51. The Morgan fingerprint density at radius 3 is 1.90 bits per heavy atom. The molecule has 1 aliphatic rings. The van der Waals surface area contributed by atoms with Crippen LogP contribution >= 0.6 is 0 Å². The van der Waals surface area contributed by atoms with Crippen LogP contribution in [0.4, 0.5) is 26.3 Å². The van der Waals surface area contributed by atoms with Gasteiger partial charge in [-0.15, -0.1) is 0 Å². The molecule has 0 saturated heterocycles. The molecular formula is C13H21F6N. The van der Waals surface area contributed by atoms with Crippen molar-refractivity contribution >= 4 is 0 Å². The maximum atomic E-state index is 12.8. The van der Waals surface area contributed by atoms with Crippen LogP contribution in [-0.4, -0.2) is 24.9 Å². The van der Waals surface area contributed by atoms with E-state index < -0.39 is 24.3 Å². The van der Waals surface area contributed by atoms with Crippen LogP contribution in [0.3, 0.4) is 0 Å². The van der Waals surface area contributed by atoms with Crippen molar-refractivity contribution in [3.8, 4) is 0 Å². The summed E-state index contributed by atoms with van der Waals surface area (Å²) in [4.78, 5) is 0. The number of halogens is 6. The van der Waals surface area contributed by atoms with Gasteiger partial charge in [-0.05, 0) is 25.3 Å². The predicted octanol–water partition coefficient (Wildman–Crippen LogP) is 4.68. The third-order valence-corrected chi connectivity index (χ3v) is 3.83. The minimum atomic E-state index is -5.26. The number of hydrogen-bond donors (Lipinski definition) is 1. The Kier molecular flexibility index (Phi) is 6.16. The molecule has 1 rings (SSSR count). The lowest BCUT2D eigenvalue weighted by atomic mass is 9.88. The van der Waals surface area contributed by atoms with Gasteiger partial charge >= 0.3 is 12.4 Å². The van der Waals surface area contributed by atoms with Gasteiger partial charge in [0.1, 0.15) is 0 Å². The normalized spacial score (nSPS) is 19.8. The second-order valence-corrected chi connectivity index (χ2v) is 5.51. The highest BCUT2D eigenvalue weighted by Gasteiger charge is 2.60. The zero-order valence-corrected chi connectivity index (χ0v) is 11.4. The van der Waals surface area contributed by atoms with Crippen molar-refractivity contribution in [1.29, 1.82) is 0 Å². The van der Waals surface area contributed by atoms with Crippen molar-refractivity contribution in [2.75, 3.05) is 6.54 Å². The van der Waals surface area contributed by atoms with Gasteiger partial charge in [0.15, 0.2) is 5.92 Å². The second kappa shape index (κ2) is 7.00. The highest BCUT2D eigenvalue weighted by Crippen LogP contribution is 2.44. The van der Waals surface area contributed by atoms with E-state index in [0.717, 1.165) is 25.7 Å². The van der Waals surface area contributed by atoms with Crippen LogP contribution < -0.4 is 5.32 Å². The molecule has 0 amide bonds. The Balaban J connectivity index is 2.85. The minimum absolute atomic E-state index is 0.0310. The molecule has 0 aromatic heterocycles. The van der Waals surface area contributed by atoms with Crippen molar-refractivity contribution < 1.29 is 26.3 Å². The molecule has 1 atom stereocenters. The van der Waals surface area contributed by atoms with Crippen molar-refractivity contribution in [3.63, 3.8) is 0 Å². The largest absolute Gasteiger partial charge is 0.401 e. The van der Waals surface area contributed by atoms with Crippen LogP contribution in [0.25, 0.3) is 0 Å². The smallest absolute Gasteiger partial charge is 0.313 e. The highest BCUT2D eigenvalue weighted by molar-refractivity contribution is 4.89. The summed E-state index contributed by atoms with van der Waals surface area (Å²) in [5, 5.41) is 2.47. The molecule has 0 heterocycles. The van der Waals surface area contributed by atoms with E-state index in [9.17, 15) is 26.3 Å². The van der Waals surface area contributed by atoms with Crippen molar-refractivity contribution in [2.24, 2.45) is 11.8 Å². The lowest BCUT2D eigenvalue weighted by Crippen LogP contribution is -2.51. The Morgan fingerprint density at radius 1 is 1.00 bits per heavy atom. The summed E-state index contributed by atoms with van der Waals surface area (Å²) in [6.45, 7) is 1.88. The van der Waals surface area contributed by atoms with Gasteiger partial charge in [-0.25, -0.2) is 0 Å². The topological polar surface area (TPSA) is 12.0 Å². The minimum Gasteiger partial charge on any atom is -0.313 e. The van der Waals surface area contributed by atoms with Crippen LogP contribution in [-0.2, 0) is 0 Å². The van der Waals surface area contributed by atoms with E-state index in [1.54, 1.807) is 6.92 Å². The van der Waals surface area contributed by atoms with E-state index in [0.29, 0.717) is 6.42 Å². The molecule has 0 spiro atoms. The average Bonchev–Trinajstić information content (AvgIpc) is 2.74. The van der Waals surface area contributed by atoms with Crippen molar-refractivity contribution in [1.82, 2.24) is 5.32 Å². The van der Waals surface area contributed by atoms with Gasteiger partial charge in [-0.3, -0.25) is 0 Å². The van der Waals surface area contributed by atoms with Gasteiger partial charge in [0.2, 0.25) is 0 Å². The van der Waals surface area contributed by atoms with Crippen LogP contribution in [0.5, 0.6) is 0 Å². The molecule has 1 unspecified atom stereocenters. The van der Waals surface area contributed by atoms with Crippen LogP contribution in [0.1, 0.15) is 45.4 Å². The monoisotopic (exact) mass is 305 g/mol. The van der Waals surface area contributed by atoms with Gasteiger partial charge in [0.05, 0.1) is 0 Å². The summed E-state index contributed by atoms with van der Waals surface area (Å²) in [6.07, 6.45) is -6.82. The van der Waals surface area contributed by atoms with Crippen molar-refractivity contribution in [3.05, 3.63) is 0 Å². The summed E-state index contributed by atoms with van der Waals surface area (Å²) in [6, 6.07) is -1.57. The highest BCUT2D eigenvalue weighted by atomic mass is 19.4. The Bertz CT molecular complexity index is 266. The molecule has 20 heavy (non-hydrogen) atoms. The first-order valence-electron chi connectivity index (χ1n) is 7.03. The quantitative estimate of drug-likeness (QED) is 0.703. The summed E-state index contributed by atoms with van der Waals surface area (Å²) >= 11 is 0. The molecular weight excluding hydrogens is 284 g/mol. The van der Waals surface area contributed by atoms with Crippen molar-refractivity contribution in [2.45, 2.75) is 63.8 Å². The van der Waals surface area contributed by atoms with E-state index >= 15 is 0 Å². The van der Waals surface area contributed by atoms with Crippen LogP contribution in [0.15, 0.2) is 0 Å². The average molecular weight is 305 g/mol. The molecule has 1 N–H and O–H groups in total. The molecule has 1 nitrogen and oxygen atoms in total. The summed E-state index contributed by atoms with van der Waals surface area (Å²) in [7, 11) is 0. The van der Waals surface area contributed by atoms with Gasteiger partial charge in [0, 0.05) is 6.04 Å². The molecule has 0 bridgehead atoms. The molecule has 0 aromatic carbocycles. The van der Waals surface area contributed by atoms with E-state index in [4.69, 9.17) is 0 Å². The number of rotatable bonds is 6. The Labute approximate surface area is 115 Å². The summed E-state index contributed by atoms with van der Waals surface area (Å²) in [5.74, 6) is -3.31. The lowest BCUT2D eigenvalue weighted by Gasteiger charge is -2.33. The first-order chi connectivity index (χ1) is 9.16. The standard InChI is InChI=1S/C13H21F6N/c1-2-7-20-10(8-9-5-3-4-6-9)11(12(14,15)16)13(17,18)19/h9-11,20H,2-8H2,1H3. The SMILES string of the molecule is CCCNC(CC1CCCC1)C(C(F)(F)F)C(F)(F)F. The van der Waals surface area contributed by atoms with Crippen LogP contribution in [0.2, 0.25) is 0 Å².